The third kappa shape index (κ3) is 0.903. The molecule has 0 saturated carbocycles. The second-order valence-electron chi connectivity index (χ2n) is 2.60. The SMILES string of the molecule is O=C(O)C1CNc2ncncc21. The Morgan fingerprint density at radius 3 is 3.33 bits per heavy atom. The second kappa shape index (κ2) is 2.44. The van der Waals surface area contributed by atoms with Gasteiger partial charge in [-0.05, 0) is 0 Å². The van der Waals surface area contributed by atoms with Gasteiger partial charge in [0.1, 0.15) is 18.1 Å². The number of aliphatic carboxylic acids is 1. The fourth-order valence-corrected chi connectivity index (χ4v) is 1.27. The van der Waals surface area contributed by atoms with Crippen LogP contribution in [-0.4, -0.2) is 27.6 Å². The van der Waals surface area contributed by atoms with Gasteiger partial charge in [-0.3, -0.25) is 4.79 Å². The zero-order chi connectivity index (χ0) is 8.55. The number of carboxylic acids is 1. The van der Waals surface area contributed by atoms with Crippen LogP contribution in [0.15, 0.2) is 12.5 Å². The van der Waals surface area contributed by atoms with E-state index in [2.05, 4.69) is 15.3 Å². The van der Waals surface area contributed by atoms with Crippen molar-refractivity contribution in [1.29, 1.82) is 0 Å². The quantitative estimate of drug-likeness (QED) is 0.615. The molecule has 5 nitrogen and oxygen atoms in total. The van der Waals surface area contributed by atoms with E-state index in [0.29, 0.717) is 17.9 Å². The number of aromatic nitrogens is 2. The molecule has 1 aromatic heterocycles. The highest BCUT2D eigenvalue weighted by molar-refractivity contribution is 5.81. The summed E-state index contributed by atoms with van der Waals surface area (Å²) in [5.41, 5.74) is 0.671. The molecule has 1 atom stereocenters. The number of nitrogens with zero attached hydrogens (tertiary/aromatic N) is 2. The maximum Gasteiger partial charge on any atom is 0.312 e. The number of hydrogen-bond donors (Lipinski definition) is 2. The summed E-state index contributed by atoms with van der Waals surface area (Å²) in [4.78, 5) is 18.3. The van der Waals surface area contributed by atoms with Crippen LogP contribution in [0.1, 0.15) is 11.5 Å². The van der Waals surface area contributed by atoms with Crippen LogP contribution in [-0.2, 0) is 4.79 Å². The van der Waals surface area contributed by atoms with Crippen molar-refractivity contribution in [2.45, 2.75) is 5.92 Å². The van der Waals surface area contributed by atoms with Gasteiger partial charge in [-0.15, -0.1) is 0 Å². The van der Waals surface area contributed by atoms with Gasteiger partial charge in [0.2, 0.25) is 0 Å². The summed E-state index contributed by atoms with van der Waals surface area (Å²) in [6, 6.07) is 0. The first-order valence-corrected chi connectivity index (χ1v) is 3.55. The smallest absolute Gasteiger partial charge is 0.312 e. The molecular formula is C7H7N3O2. The Labute approximate surface area is 68.5 Å². The molecule has 0 bridgehead atoms. The predicted octanol–water partition coefficient (Wildman–Crippen LogP) is 0.0703. The molecule has 62 valence electrons. The minimum Gasteiger partial charge on any atom is -0.481 e. The topological polar surface area (TPSA) is 75.1 Å². The van der Waals surface area contributed by atoms with Crippen LogP contribution in [0.25, 0.3) is 0 Å². The Morgan fingerprint density at radius 1 is 1.75 bits per heavy atom. The summed E-state index contributed by atoms with van der Waals surface area (Å²) < 4.78 is 0. The van der Waals surface area contributed by atoms with Gasteiger partial charge >= 0.3 is 5.97 Å². The van der Waals surface area contributed by atoms with Gasteiger partial charge in [-0.1, -0.05) is 0 Å². The largest absolute Gasteiger partial charge is 0.481 e. The van der Waals surface area contributed by atoms with Crippen molar-refractivity contribution in [1.82, 2.24) is 9.97 Å². The predicted molar refractivity (Wildman–Crippen MR) is 40.9 cm³/mol. The standard InChI is InChI=1S/C7H7N3O2/c11-7(12)5-2-9-6-4(5)1-8-3-10-6/h1,3,5H,2H2,(H,11,12)(H,8,9,10). The van der Waals surface area contributed by atoms with Gasteiger partial charge in [-0.2, -0.15) is 0 Å². The lowest BCUT2D eigenvalue weighted by Gasteiger charge is -2.00. The zero-order valence-corrected chi connectivity index (χ0v) is 6.19. The third-order valence-corrected chi connectivity index (χ3v) is 1.89. The maximum atomic E-state index is 10.7. The highest BCUT2D eigenvalue weighted by Crippen LogP contribution is 2.27. The molecule has 0 amide bonds. The van der Waals surface area contributed by atoms with Gasteiger partial charge in [0.25, 0.3) is 0 Å². The van der Waals surface area contributed by atoms with Crippen molar-refractivity contribution in [3.8, 4) is 0 Å². The van der Waals surface area contributed by atoms with Crippen LogP contribution < -0.4 is 5.32 Å². The third-order valence-electron chi connectivity index (χ3n) is 1.89. The molecule has 2 N–H and O–H groups in total. The van der Waals surface area contributed by atoms with Crippen molar-refractivity contribution in [3.63, 3.8) is 0 Å². The molecule has 1 aromatic rings. The van der Waals surface area contributed by atoms with Gasteiger partial charge in [0, 0.05) is 18.3 Å². The van der Waals surface area contributed by atoms with E-state index in [0.717, 1.165) is 0 Å². The Morgan fingerprint density at radius 2 is 2.58 bits per heavy atom. The summed E-state index contributed by atoms with van der Waals surface area (Å²) in [6.07, 6.45) is 2.94. The molecule has 0 spiro atoms. The first kappa shape index (κ1) is 7.02. The number of hydrogen-bond acceptors (Lipinski definition) is 4. The number of nitrogens with one attached hydrogen (secondary N) is 1. The average molecular weight is 165 g/mol. The van der Waals surface area contributed by atoms with E-state index < -0.39 is 11.9 Å². The van der Waals surface area contributed by atoms with Crippen LogP contribution in [0.3, 0.4) is 0 Å². The summed E-state index contributed by atoms with van der Waals surface area (Å²) in [6.45, 7) is 0.406. The molecule has 0 saturated heterocycles. The van der Waals surface area contributed by atoms with Crippen molar-refractivity contribution in [2.75, 3.05) is 11.9 Å². The molecule has 1 unspecified atom stereocenters. The van der Waals surface area contributed by atoms with Crippen LogP contribution in [0, 0.1) is 0 Å². The van der Waals surface area contributed by atoms with Crippen molar-refractivity contribution in [3.05, 3.63) is 18.1 Å². The van der Waals surface area contributed by atoms with Gasteiger partial charge in [0.05, 0.1) is 0 Å². The molecule has 12 heavy (non-hydrogen) atoms. The Hall–Kier alpha value is -1.65. The molecular weight excluding hydrogens is 158 g/mol. The molecule has 0 aliphatic carbocycles. The number of anilines is 1. The Bertz CT molecular complexity index is 326. The zero-order valence-electron chi connectivity index (χ0n) is 6.19. The van der Waals surface area contributed by atoms with Crippen LogP contribution >= 0.6 is 0 Å². The van der Waals surface area contributed by atoms with E-state index in [9.17, 15) is 4.79 Å². The van der Waals surface area contributed by atoms with Crippen molar-refractivity contribution < 1.29 is 9.90 Å². The lowest BCUT2D eigenvalue weighted by molar-refractivity contribution is -0.138. The van der Waals surface area contributed by atoms with E-state index in [1.165, 1.54) is 6.33 Å². The average Bonchev–Trinajstić information content (AvgIpc) is 2.47. The van der Waals surface area contributed by atoms with Gasteiger partial charge < -0.3 is 10.4 Å². The summed E-state index contributed by atoms with van der Waals surface area (Å²) in [7, 11) is 0. The van der Waals surface area contributed by atoms with Crippen LogP contribution in [0.5, 0.6) is 0 Å². The molecule has 5 heteroatoms. The molecule has 0 fully saturated rings. The molecule has 2 rings (SSSR count). The van der Waals surface area contributed by atoms with Crippen molar-refractivity contribution in [2.24, 2.45) is 0 Å². The normalized spacial score (nSPS) is 19.8. The minimum atomic E-state index is -0.837. The van der Waals surface area contributed by atoms with Gasteiger partial charge in [0.15, 0.2) is 0 Å². The fraction of sp³-hybridized carbons (Fsp3) is 0.286. The minimum absolute atomic E-state index is 0.406. The Balaban J connectivity index is 2.42. The molecule has 1 aliphatic heterocycles. The fourth-order valence-electron chi connectivity index (χ4n) is 1.27. The van der Waals surface area contributed by atoms with Crippen LogP contribution in [0.2, 0.25) is 0 Å². The first-order chi connectivity index (χ1) is 5.79. The van der Waals surface area contributed by atoms with E-state index in [-0.39, 0.29) is 0 Å². The number of carbonyl (C=O) groups is 1. The van der Waals surface area contributed by atoms with E-state index >= 15 is 0 Å². The summed E-state index contributed by atoms with van der Waals surface area (Å²) >= 11 is 0. The Kier molecular flexibility index (Phi) is 1.43. The monoisotopic (exact) mass is 165 g/mol. The number of carboxylic acid groups (broad SMARTS) is 1. The van der Waals surface area contributed by atoms with E-state index in [1.54, 1.807) is 6.20 Å². The summed E-state index contributed by atoms with van der Waals surface area (Å²) in [5.74, 6) is -0.699. The number of fused-ring (bicyclic) bond motifs is 1. The highest BCUT2D eigenvalue weighted by Gasteiger charge is 2.28. The molecule has 0 radical (unpaired) electrons. The summed E-state index contributed by atoms with van der Waals surface area (Å²) in [5, 5.41) is 11.7. The van der Waals surface area contributed by atoms with Crippen LogP contribution in [0.4, 0.5) is 5.82 Å². The lowest BCUT2D eigenvalue weighted by atomic mass is 10.1. The van der Waals surface area contributed by atoms with Crippen molar-refractivity contribution >= 4 is 11.8 Å². The highest BCUT2D eigenvalue weighted by atomic mass is 16.4. The second-order valence-corrected chi connectivity index (χ2v) is 2.60. The van der Waals surface area contributed by atoms with Gasteiger partial charge in [-0.25, -0.2) is 9.97 Å². The van der Waals surface area contributed by atoms with E-state index in [1.807, 2.05) is 0 Å². The lowest BCUT2D eigenvalue weighted by Crippen LogP contribution is -2.13. The number of rotatable bonds is 1. The molecule has 1 aliphatic rings. The molecule has 0 aromatic carbocycles. The molecule has 2 heterocycles. The maximum absolute atomic E-state index is 10.7. The van der Waals surface area contributed by atoms with E-state index in [4.69, 9.17) is 5.11 Å². The first-order valence-electron chi connectivity index (χ1n) is 3.55.